The highest BCUT2D eigenvalue weighted by Crippen LogP contribution is 2.29. The Bertz CT molecular complexity index is 1200. The molecule has 152 valence electrons. The number of carbonyl (C=O) groups excluding carboxylic acids is 1. The van der Waals surface area contributed by atoms with Crippen molar-refractivity contribution in [1.82, 2.24) is 25.3 Å². The Kier molecular flexibility index (Phi) is 5.65. The van der Waals surface area contributed by atoms with Gasteiger partial charge in [-0.1, -0.05) is 46.6 Å². The monoisotopic (exact) mass is 437 g/mol. The van der Waals surface area contributed by atoms with Gasteiger partial charge >= 0.3 is 0 Å². The Morgan fingerprint density at radius 1 is 1.07 bits per heavy atom. The molecule has 0 atom stereocenters. The lowest BCUT2D eigenvalue weighted by Gasteiger charge is -2.04. The lowest BCUT2D eigenvalue weighted by molar-refractivity contribution is 0.0954. The predicted octanol–water partition coefficient (Wildman–Crippen LogP) is 4.90. The normalized spacial score (nSPS) is 10.9. The number of carbonyl (C=O) groups is 1. The summed E-state index contributed by atoms with van der Waals surface area (Å²) in [7, 11) is 0. The number of aryl methyl sites for hydroxylation is 2. The zero-order chi connectivity index (χ0) is 21.3. The molecule has 6 nitrogen and oxygen atoms in total. The lowest BCUT2D eigenvalue weighted by atomic mass is 10.1. The molecule has 2 heterocycles. The lowest BCUT2D eigenvalue weighted by Crippen LogP contribution is -2.22. The zero-order valence-electron chi connectivity index (χ0n) is 16.8. The van der Waals surface area contributed by atoms with E-state index in [2.05, 4.69) is 20.6 Å². The number of hydrogen-bond donors (Lipinski definition) is 1. The highest BCUT2D eigenvalue weighted by molar-refractivity contribution is 7.17. The third-order valence-corrected chi connectivity index (χ3v) is 6.16. The minimum absolute atomic E-state index is 0.139. The molecule has 2 aromatic heterocycles. The molecule has 8 heteroatoms. The van der Waals surface area contributed by atoms with E-state index in [9.17, 15) is 4.79 Å². The summed E-state index contributed by atoms with van der Waals surface area (Å²) in [4.78, 5) is 17.9. The molecule has 0 aliphatic carbocycles. The summed E-state index contributed by atoms with van der Waals surface area (Å²) in [6.45, 7) is 6.27. The van der Waals surface area contributed by atoms with Crippen LogP contribution in [0.15, 0.2) is 48.5 Å². The first-order chi connectivity index (χ1) is 14.4. The minimum atomic E-state index is -0.139. The molecule has 0 fully saturated rings. The molecular formula is C22H20ClN5OS. The molecule has 1 amide bonds. The Balaban J connectivity index is 1.54. The predicted molar refractivity (Wildman–Crippen MR) is 119 cm³/mol. The summed E-state index contributed by atoms with van der Waals surface area (Å²) in [5.74, 6) is -0.139. The first kappa shape index (κ1) is 20.3. The van der Waals surface area contributed by atoms with Crippen LogP contribution in [-0.4, -0.2) is 25.9 Å². The summed E-state index contributed by atoms with van der Waals surface area (Å²) in [5.41, 5.74) is 5.29. The summed E-state index contributed by atoms with van der Waals surface area (Å²) < 4.78 is 1.74. The molecule has 0 bridgehead atoms. The highest BCUT2D eigenvalue weighted by atomic mass is 35.5. The van der Waals surface area contributed by atoms with Crippen LogP contribution in [0.3, 0.4) is 0 Å². The van der Waals surface area contributed by atoms with Crippen LogP contribution in [-0.2, 0) is 6.54 Å². The van der Waals surface area contributed by atoms with Crippen molar-refractivity contribution in [2.75, 3.05) is 0 Å². The highest BCUT2D eigenvalue weighted by Gasteiger charge is 2.20. The molecule has 0 saturated carbocycles. The second-order valence-electron chi connectivity index (χ2n) is 7.01. The minimum Gasteiger partial charge on any atom is -0.347 e. The van der Waals surface area contributed by atoms with Crippen LogP contribution in [0.25, 0.3) is 16.4 Å². The average Bonchev–Trinajstić information content (AvgIpc) is 3.30. The molecule has 0 saturated heterocycles. The maximum absolute atomic E-state index is 12.7. The number of aromatic nitrogens is 4. The van der Waals surface area contributed by atoms with E-state index in [0.29, 0.717) is 32.8 Å². The van der Waals surface area contributed by atoms with Gasteiger partial charge in [0.1, 0.15) is 15.6 Å². The van der Waals surface area contributed by atoms with Gasteiger partial charge in [-0.2, -0.15) is 0 Å². The first-order valence-electron chi connectivity index (χ1n) is 9.42. The van der Waals surface area contributed by atoms with Crippen LogP contribution < -0.4 is 5.32 Å². The van der Waals surface area contributed by atoms with Crippen molar-refractivity contribution in [2.24, 2.45) is 0 Å². The number of rotatable bonds is 5. The molecule has 0 spiro atoms. The third-order valence-electron chi connectivity index (χ3n) is 4.74. The topological polar surface area (TPSA) is 72.7 Å². The average molecular weight is 438 g/mol. The van der Waals surface area contributed by atoms with Crippen LogP contribution in [0.1, 0.15) is 32.2 Å². The van der Waals surface area contributed by atoms with E-state index < -0.39 is 0 Å². The zero-order valence-corrected chi connectivity index (χ0v) is 18.4. The SMILES string of the molecule is Cc1ccc(CNC(=O)c2sc(-c3nnn(-c4ccc(Cl)cc4)c3C)nc2C)cc1. The van der Waals surface area contributed by atoms with Crippen molar-refractivity contribution in [3.05, 3.63) is 80.9 Å². The van der Waals surface area contributed by atoms with Crippen molar-refractivity contribution in [1.29, 1.82) is 0 Å². The molecule has 1 N–H and O–H groups in total. The van der Waals surface area contributed by atoms with Gasteiger partial charge in [0.25, 0.3) is 5.91 Å². The maximum Gasteiger partial charge on any atom is 0.263 e. The number of nitrogens with zero attached hydrogens (tertiary/aromatic N) is 4. The molecule has 0 unspecified atom stereocenters. The van der Waals surface area contributed by atoms with E-state index in [1.54, 1.807) is 4.68 Å². The first-order valence-corrected chi connectivity index (χ1v) is 10.6. The number of amides is 1. The number of hydrogen-bond acceptors (Lipinski definition) is 5. The molecule has 30 heavy (non-hydrogen) atoms. The fourth-order valence-corrected chi connectivity index (χ4v) is 4.18. The van der Waals surface area contributed by atoms with Gasteiger partial charge in [0.15, 0.2) is 0 Å². The molecule has 0 aliphatic heterocycles. The van der Waals surface area contributed by atoms with Crippen molar-refractivity contribution < 1.29 is 4.79 Å². The Hall–Kier alpha value is -3.03. The van der Waals surface area contributed by atoms with Gasteiger partial charge in [-0.25, -0.2) is 9.67 Å². The molecule has 0 aliphatic rings. The third kappa shape index (κ3) is 4.13. The standard InChI is InChI=1S/C22H20ClN5OS/c1-13-4-6-16(7-5-13)12-24-21(29)20-14(2)25-22(30-20)19-15(3)28(27-26-19)18-10-8-17(23)9-11-18/h4-11H,12H2,1-3H3,(H,24,29). The largest absolute Gasteiger partial charge is 0.347 e. The Labute approximate surface area is 183 Å². The number of halogens is 1. The van der Waals surface area contributed by atoms with Gasteiger partial charge in [0.05, 0.1) is 17.1 Å². The van der Waals surface area contributed by atoms with Crippen LogP contribution in [0.5, 0.6) is 0 Å². The van der Waals surface area contributed by atoms with Gasteiger partial charge in [-0.05, 0) is 50.6 Å². The van der Waals surface area contributed by atoms with Gasteiger partial charge < -0.3 is 5.32 Å². The Morgan fingerprint density at radius 2 is 1.77 bits per heavy atom. The molecule has 4 aromatic rings. The van der Waals surface area contributed by atoms with Gasteiger partial charge in [0.2, 0.25) is 0 Å². The van der Waals surface area contributed by atoms with Gasteiger partial charge in [-0.15, -0.1) is 16.4 Å². The number of thiazole rings is 1. The summed E-state index contributed by atoms with van der Waals surface area (Å²) in [6.07, 6.45) is 0. The van der Waals surface area contributed by atoms with Crippen LogP contribution in [0.4, 0.5) is 0 Å². The molecule has 2 aromatic carbocycles. The molecule has 4 rings (SSSR count). The fourth-order valence-electron chi connectivity index (χ4n) is 3.03. The van der Waals surface area contributed by atoms with E-state index in [-0.39, 0.29) is 5.91 Å². The number of benzene rings is 2. The van der Waals surface area contributed by atoms with Gasteiger partial charge in [-0.3, -0.25) is 4.79 Å². The van der Waals surface area contributed by atoms with E-state index in [4.69, 9.17) is 11.6 Å². The molecule has 0 radical (unpaired) electrons. The Morgan fingerprint density at radius 3 is 2.47 bits per heavy atom. The van der Waals surface area contributed by atoms with E-state index >= 15 is 0 Å². The van der Waals surface area contributed by atoms with Gasteiger partial charge in [0, 0.05) is 11.6 Å². The van der Waals surface area contributed by atoms with Crippen molar-refractivity contribution in [2.45, 2.75) is 27.3 Å². The van der Waals surface area contributed by atoms with E-state index in [1.165, 1.54) is 16.9 Å². The smallest absolute Gasteiger partial charge is 0.263 e. The summed E-state index contributed by atoms with van der Waals surface area (Å²) in [6, 6.07) is 15.5. The van der Waals surface area contributed by atoms with E-state index in [0.717, 1.165) is 16.9 Å². The van der Waals surface area contributed by atoms with Crippen molar-refractivity contribution in [3.63, 3.8) is 0 Å². The van der Waals surface area contributed by atoms with Crippen molar-refractivity contribution >= 4 is 28.8 Å². The molecular weight excluding hydrogens is 418 g/mol. The van der Waals surface area contributed by atoms with Crippen LogP contribution in [0.2, 0.25) is 5.02 Å². The van der Waals surface area contributed by atoms with Crippen LogP contribution >= 0.6 is 22.9 Å². The fraction of sp³-hybridized carbons (Fsp3) is 0.182. The number of nitrogens with one attached hydrogen (secondary N) is 1. The summed E-state index contributed by atoms with van der Waals surface area (Å²) >= 11 is 7.29. The quantitative estimate of drug-likeness (QED) is 0.482. The van der Waals surface area contributed by atoms with Crippen LogP contribution in [0, 0.1) is 20.8 Å². The summed E-state index contributed by atoms with van der Waals surface area (Å²) in [5, 5.41) is 12.8. The maximum atomic E-state index is 12.7. The van der Waals surface area contributed by atoms with Crippen molar-refractivity contribution in [3.8, 4) is 16.4 Å². The van der Waals surface area contributed by atoms with E-state index in [1.807, 2.05) is 69.3 Å². The second-order valence-corrected chi connectivity index (χ2v) is 8.45. The second kappa shape index (κ2) is 8.38.